The number of hydrogen-bond acceptors (Lipinski definition) is 0. The molecule has 0 N–H and O–H groups in total. The minimum atomic E-state index is 0.778. The van der Waals surface area contributed by atoms with Crippen molar-refractivity contribution >= 4 is 5.57 Å². The fourth-order valence-corrected chi connectivity index (χ4v) is 3.23. The minimum Gasteiger partial charge on any atom is -0.201 e. The lowest BCUT2D eigenvalue weighted by Crippen LogP contribution is -2.32. The SMILES string of the molecule is C=C(C[n+]1ccc(-c2ccccc2)cc1)c1ccc(-c2ccccc2)cc1. The second-order valence-electron chi connectivity index (χ2n) is 6.67. The van der Waals surface area contributed by atoms with E-state index in [-0.39, 0.29) is 0 Å². The molecule has 0 atom stereocenters. The highest BCUT2D eigenvalue weighted by atomic mass is 14.9. The van der Waals surface area contributed by atoms with Crippen LogP contribution >= 0.6 is 0 Å². The Labute approximate surface area is 160 Å². The van der Waals surface area contributed by atoms with Crippen molar-refractivity contribution in [2.24, 2.45) is 0 Å². The zero-order valence-electron chi connectivity index (χ0n) is 15.3. The van der Waals surface area contributed by atoms with Crippen LogP contribution in [0.15, 0.2) is 116 Å². The Morgan fingerprint density at radius 2 is 1.00 bits per heavy atom. The van der Waals surface area contributed by atoms with Crippen LogP contribution in [0.5, 0.6) is 0 Å². The zero-order chi connectivity index (χ0) is 18.5. The van der Waals surface area contributed by atoms with Crippen LogP contribution in [-0.4, -0.2) is 0 Å². The maximum absolute atomic E-state index is 4.28. The fourth-order valence-electron chi connectivity index (χ4n) is 3.23. The first-order valence-electron chi connectivity index (χ1n) is 9.18. The van der Waals surface area contributed by atoms with Crippen molar-refractivity contribution in [1.29, 1.82) is 0 Å². The molecule has 0 aliphatic carbocycles. The van der Waals surface area contributed by atoms with Gasteiger partial charge >= 0.3 is 0 Å². The topological polar surface area (TPSA) is 3.88 Å². The van der Waals surface area contributed by atoms with E-state index < -0.39 is 0 Å². The van der Waals surface area contributed by atoms with Crippen molar-refractivity contribution in [3.05, 3.63) is 122 Å². The van der Waals surface area contributed by atoms with Gasteiger partial charge in [-0.1, -0.05) is 91.5 Å². The van der Waals surface area contributed by atoms with Gasteiger partial charge < -0.3 is 0 Å². The maximum atomic E-state index is 4.28. The molecule has 3 aromatic carbocycles. The third-order valence-electron chi connectivity index (χ3n) is 4.77. The molecule has 1 heterocycles. The predicted molar refractivity (Wildman–Crippen MR) is 113 cm³/mol. The van der Waals surface area contributed by atoms with Crippen LogP contribution in [0.2, 0.25) is 0 Å². The highest BCUT2D eigenvalue weighted by Gasteiger charge is 2.07. The summed E-state index contributed by atoms with van der Waals surface area (Å²) in [6, 6.07) is 33.8. The quantitative estimate of drug-likeness (QED) is 0.388. The van der Waals surface area contributed by atoms with Crippen molar-refractivity contribution in [3.8, 4) is 22.3 Å². The number of aromatic nitrogens is 1. The molecule has 0 saturated heterocycles. The van der Waals surface area contributed by atoms with Crippen LogP contribution in [-0.2, 0) is 6.54 Å². The van der Waals surface area contributed by atoms with E-state index in [1.165, 1.54) is 27.8 Å². The van der Waals surface area contributed by atoms with Crippen molar-refractivity contribution in [1.82, 2.24) is 0 Å². The van der Waals surface area contributed by atoms with Gasteiger partial charge in [-0.25, -0.2) is 4.57 Å². The average Bonchev–Trinajstić information content (AvgIpc) is 2.76. The zero-order valence-corrected chi connectivity index (χ0v) is 15.3. The minimum absolute atomic E-state index is 0.778. The molecule has 0 aliphatic rings. The molecule has 0 saturated carbocycles. The fraction of sp³-hybridized carbons (Fsp3) is 0.0385. The normalized spacial score (nSPS) is 10.5. The van der Waals surface area contributed by atoms with E-state index >= 15 is 0 Å². The van der Waals surface area contributed by atoms with Gasteiger partial charge in [0, 0.05) is 17.7 Å². The Balaban J connectivity index is 1.46. The van der Waals surface area contributed by atoms with Gasteiger partial charge in [-0.05, 0) is 27.8 Å². The van der Waals surface area contributed by atoms with Gasteiger partial charge in [0.05, 0.1) is 0 Å². The van der Waals surface area contributed by atoms with Gasteiger partial charge in [0.15, 0.2) is 18.9 Å². The van der Waals surface area contributed by atoms with E-state index in [9.17, 15) is 0 Å². The number of rotatable bonds is 5. The first-order chi connectivity index (χ1) is 13.3. The molecule has 4 rings (SSSR count). The van der Waals surface area contributed by atoms with Gasteiger partial charge in [0.1, 0.15) is 0 Å². The largest absolute Gasteiger partial charge is 0.201 e. The van der Waals surface area contributed by atoms with E-state index in [1.54, 1.807) is 0 Å². The lowest BCUT2D eigenvalue weighted by Gasteiger charge is -2.06. The van der Waals surface area contributed by atoms with Gasteiger partial charge in [0.25, 0.3) is 0 Å². The van der Waals surface area contributed by atoms with Gasteiger partial charge in [-0.15, -0.1) is 0 Å². The maximum Gasteiger partial charge on any atom is 0.173 e. The second-order valence-corrected chi connectivity index (χ2v) is 6.67. The van der Waals surface area contributed by atoms with E-state index in [1.807, 2.05) is 12.1 Å². The molecule has 1 nitrogen and oxygen atoms in total. The molecular formula is C26H22N+. The molecule has 0 unspecified atom stereocenters. The molecule has 1 heteroatoms. The molecule has 27 heavy (non-hydrogen) atoms. The number of nitrogens with zero attached hydrogens (tertiary/aromatic N) is 1. The molecule has 0 fully saturated rings. The Kier molecular flexibility index (Phi) is 4.93. The lowest BCUT2D eigenvalue weighted by atomic mass is 10.0. The molecular weight excluding hydrogens is 326 g/mol. The highest BCUT2D eigenvalue weighted by Crippen LogP contribution is 2.22. The summed E-state index contributed by atoms with van der Waals surface area (Å²) in [4.78, 5) is 0. The number of allylic oxidation sites excluding steroid dienone is 1. The lowest BCUT2D eigenvalue weighted by molar-refractivity contribution is -0.684. The van der Waals surface area contributed by atoms with Crippen LogP contribution < -0.4 is 4.57 Å². The average molecular weight is 348 g/mol. The molecule has 0 aliphatic heterocycles. The molecule has 0 spiro atoms. The monoisotopic (exact) mass is 348 g/mol. The van der Waals surface area contributed by atoms with Crippen LogP contribution in [0.1, 0.15) is 5.56 Å². The summed E-state index contributed by atoms with van der Waals surface area (Å²) < 4.78 is 2.17. The van der Waals surface area contributed by atoms with E-state index in [0.29, 0.717) is 0 Å². The van der Waals surface area contributed by atoms with Gasteiger partial charge in [-0.3, -0.25) is 0 Å². The number of benzene rings is 3. The second kappa shape index (κ2) is 7.84. The Bertz CT molecular complexity index is 1020. The first-order valence-corrected chi connectivity index (χ1v) is 9.18. The summed E-state index contributed by atoms with van der Waals surface area (Å²) in [5.41, 5.74) is 7.21. The summed E-state index contributed by atoms with van der Waals surface area (Å²) in [6.07, 6.45) is 4.23. The van der Waals surface area contributed by atoms with Crippen LogP contribution in [0, 0.1) is 0 Å². The Morgan fingerprint density at radius 1 is 0.556 bits per heavy atom. The smallest absolute Gasteiger partial charge is 0.173 e. The van der Waals surface area contributed by atoms with Crippen LogP contribution in [0.3, 0.4) is 0 Å². The molecule has 130 valence electrons. The highest BCUT2D eigenvalue weighted by molar-refractivity contribution is 5.69. The molecule has 0 bridgehead atoms. The third-order valence-corrected chi connectivity index (χ3v) is 4.77. The number of pyridine rings is 1. The third kappa shape index (κ3) is 4.04. The van der Waals surface area contributed by atoms with Crippen LogP contribution in [0.25, 0.3) is 27.8 Å². The van der Waals surface area contributed by atoms with Gasteiger partial charge in [-0.2, -0.15) is 0 Å². The van der Waals surface area contributed by atoms with E-state index in [2.05, 4.69) is 108 Å². The van der Waals surface area contributed by atoms with E-state index in [0.717, 1.165) is 12.1 Å². The predicted octanol–water partition coefficient (Wildman–Crippen LogP) is 6.02. The summed E-state index contributed by atoms with van der Waals surface area (Å²) in [5, 5.41) is 0. The van der Waals surface area contributed by atoms with E-state index in [4.69, 9.17) is 0 Å². The number of hydrogen-bond donors (Lipinski definition) is 0. The van der Waals surface area contributed by atoms with Crippen molar-refractivity contribution in [2.75, 3.05) is 0 Å². The molecule has 0 radical (unpaired) electrons. The Morgan fingerprint density at radius 3 is 1.52 bits per heavy atom. The summed E-state index contributed by atoms with van der Waals surface area (Å²) in [5.74, 6) is 0. The summed E-state index contributed by atoms with van der Waals surface area (Å²) in [6.45, 7) is 5.06. The standard InChI is InChI=1S/C26H22N/c1-21(22-12-14-25(15-13-22)23-8-4-2-5-9-23)20-27-18-16-26(17-19-27)24-10-6-3-7-11-24/h2-19H,1,20H2/q+1. The first kappa shape index (κ1) is 17.0. The summed E-state index contributed by atoms with van der Waals surface area (Å²) in [7, 11) is 0. The molecule has 1 aromatic heterocycles. The van der Waals surface area contributed by atoms with Crippen LogP contribution in [0.4, 0.5) is 0 Å². The van der Waals surface area contributed by atoms with Gasteiger partial charge in [0.2, 0.25) is 0 Å². The van der Waals surface area contributed by atoms with Crippen molar-refractivity contribution < 1.29 is 4.57 Å². The Hall–Kier alpha value is -3.45. The molecule has 4 aromatic rings. The summed E-state index contributed by atoms with van der Waals surface area (Å²) >= 11 is 0. The van der Waals surface area contributed by atoms with Crippen molar-refractivity contribution in [3.63, 3.8) is 0 Å². The molecule has 0 amide bonds. The van der Waals surface area contributed by atoms with Crippen molar-refractivity contribution in [2.45, 2.75) is 6.54 Å².